The molecule has 3 N–H and O–H groups in total. The topological polar surface area (TPSA) is 125 Å². The zero-order valence-electron chi connectivity index (χ0n) is 17.3. The number of anilines is 4. The second-order valence-corrected chi connectivity index (χ2v) is 9.95. The van der Waals surface area contributed by atoms with E-state index in [2.05, 4.69) is 47.8 Å². The molecule has 2 fully saturated rings. The molecule has 3 aromatic rings. The summed E-state index contributed by atoms with van der Waals surface area (Å²) in [6.45, 7) is 3.98. The fourth-order valence-electron chi connectivity index (χ4n) is 3.63. The minimum absolute atomic E-state index is 0.0396. The van der Waals surface area contributed by atoms with Gasteiger partial charge in [0.2, 0.25) is 5.95 Å². The number of benzene rings is 1. The highest BCUT2D eigenvalue weighted by Crippen LogP contribution is 2.32. The number of aromatic nitrogens is 4. The van der Waals surface area contributed by atoms with Gasteiger partial charge in [-0.15, -0.1) is 0 Å². The highest BCUT2D eigenvalue weighted by Gasteiger charge is 2.25. The molecule has 1 aliphatic carbocycles. The maximum absolute atomic E-state index is 12.2. The van der Waals surface area contributed by atoms with Crippen LogP contribution in [0.5, 0.6) is 0 Å². The van der Waals surface area contributed by atoms with E-state index in [1.54, 1.807) is 0 Å². The Morgan fingerprint density at radius 3 is 2.58 bits per heavy atom. The van der Waals surface area contributed by atoms with Crippen LogP contribution in [0.25, 0.3) is 11.0 Å². The van der Waals surface area contributed by atoms with Crippen LogP contribution in [-0.4, -0.2) is 67.7 Å². The van der Waals surface area contributed by atoms with Crippen molar-refractivity contribution in [2.24, 2.45) is 5.92 Å². The third kappa shape index (κ3) is 4.42. The highest BCUT2D eigenvalue weighted by atomic mass is 32.2. The Balaban J connectivity index is 1.42. The van der Waals surface area contributed by atoms with Crippen molar-refractivity contribution in [3.63, 3.8) is 0 Å². The molecule has 1 saturated carbocycles. The van der Waals surface area contributed by atoms with Crippen molar-refractivity contribution in [1.82, 2.24) is 20.2 Å². The van der Waals surface area contributed by atoms with E-state index in [1.165, 1.54) is 12.8 Å². The van der Waals surface area contributed by atoms with Gasteiger partial charge in [-0.05, 0) is 43.0 Å². The molecule has 0 bridgehead atoms. The van der Waals surface area contributed by atoms with Crippen LogP contribution in [0.4, 0.5) is 23.1 Å². The summed E-state index contributed by atoms with van der Waals surface area (Å²) in [5.74, 6) is 1.44. The molecular weight excluding hydrogens is 418 g/mol. The molecule has 2 aromatic heterocycles. The number of H-pyrrole nitrogens is 1. The molecule has 164 valence electrons. The molecular formula is C20H25N7O3S. The van der Waals surface area contributed by atoms with Gasteiger partial charge in [0, 0.05) is 37.3 Å². The number of ether oxygens (including phenoxy) is 1. The minimum Gasteiger partial charge on any atom is -0.378 e. The first kappa shape index (κ1) is 20.0. The van der Waals surface area contributed by atoms with E-state index in [4.69, 9.17) is 4.74 Å². The molecule has 1 aromatic carbocycles. The lowest BCUT2D eigenvalue weighted by atomic mass is 10.2. The standard InChI is InChI=1S/C20H25N7O3S/c1-31(28,29)19-16-17(21-12-13-2-3-13)23-20(24-18(16)25-26-19)22-14-4-6-15(7-5-14)27-8-10-30-11-9-27/h4-7,13H,2-3,8-12H2,1H3,(H3,21,22,23,24,25,26). The molecule has 1 saturated heterocycles. The average Bonchev–Trinajstić information content (AvgIpc) is 3.48. The van der Waals surface area contributed by atoms with Gasteiger partial charge in [0.05, 0.1) is 13.2 Å². The first-order chi connectivity index (χ1) is 15.0. The molecule has 0 amide bonds. The summed E-state index contributed by atoms with van der Waals surface area (Å²) in [6.07, 6.45) is 3.48. The van der Waals surface area contributed by atoms with E-state index in [-0.39, 0.29) is 5.03 Å². The number of aromatic amines is 1. The number of nitrogens with zero attached hydrogens (tertiary/aromatic N) is 4. The lowest BCUT2D eigenvalue weighted by Gasteiger charge is -2.28. The lowest BCUT2D eigenvalue weighted by Crippen LogP contribution is -2.36. The molecule has 0 atom stereocenters. The third-order valence-corrected chi connectivity index (χ3v) is 6.49. The van der Waals surface area contributed by atoms with Crippen molar-refractivity contribution in [1.29, 1.82) is 0 Å². The maximum atomic E-state index is 12.2. The molecule has 10 nitrogen and oxygen atoms in total. The van der Waals surface area contributed by atoms with Gasteiger partial charge in [0.1, 0.15) is 11.2 Å². The van der Waals surface area contributed by atoms with Crippen molar-refractivity contribution in [3.8, 4) is 0 Å². The van der Waals surface area contributed by atoms with Gasteiger partial charge in [-0.2, -0.15) is 15.1 Å². The fourth-order valence-corrected chi connectivity index (χ4v) is 4.40. The molecule has 0 radical (unpaired) electrons. The van der Waals surface area contributed by atoms with Crippen LogP contribution >= 0.6 is 0 Å². The number of fused-ring (bicyclic) bond motifs is 1. The Bertz CT molecular complexity index is 1180. The molecule has 0 spiro atoms. The van der Waals surface area contributed by atoms with Gasteiger partial charge in [-0.25, -0.2) is 8.42 Å². The molecule has 2 aliphatic rings. The van der Waals surface area contributed by atoms with Crippen LogP contribution in [0.3, 0.4) is 0 Å². The second kappa shape index (κ2) is 7.97. The van der Waals surface area contributed by atoms with Crippen LogP contribution in [0, 0.1) is 5.92 Å². The molecule has 11 heteroatoms. The van der Waals surface area contributed by atoms with Gasteiger partial charge in [0.25, 0.3) is 0 Å². The van der Waals surface area contributed by atoms with E-state index in [9.17, 15) is 8.42 Å². The van der Waals surface area contributed by atoms with Gasteiger partial charge in [0.15, 0.2) is 20.5 Å². The third-order valence-electron chi connectivity index (χ3n) is 5.49. The number of morpholine rings is 1. The lowest BCUT2D eigenvalue weighted by molar-refractivity contribution is 0.122. The van der Waals surface area contributed by atoms with Crippen molar-refractivity contribution in [2.45, 2.75) is 17.9 Å². The van der Waals surface area contributed by atoms with Gasteiger partial charge in [-0.1, -0.05) is 0 Å². The molecule has 1 aliphatic heterocycles. The van der Waals surface area contributed by atoms with Gasteiger partial charge >= 0.3 is 0 Å². The summed E-state index contributed by atoms with van der Waals surface area (Å²) in [7, 11) is -3.52. The Morgan fingerprint density at radius 2 is 1.90 bits per heavy atom. The first-order valence-electron chi connectivity index (χ1n) is 10.4. The monoisotopic (exact) mass is 443 g/mol. The van der Waals surface area contributed by atoms with E-state index in [0.29, 0.717) is 28.7 Å². The predicted octanol–water partition coefficient (Wildman–Crippen LogP) is 2.16. The van der Waals surface area contributed by atoms with Crippen molar-refractivity contribution in [2.75, 3.05) is 54.6 Å². The first-order valence-corrected chi connectivity index (χ1v) is 12.3. The normalized spacial score (nSPS) is 17.1. The Kier molecular flexibility index (Phi) is 5.14. The SMILES string of the molecule is CS(=O)(=O)c1n[nH]c2nc(Nc3ccc(N4CCOCC4)cc3)nc(NCC3CC3)c12. The maximum Gasteiger partial charge on any atom is 0.231 e. The average molecular weight is 444 g/mol. The van der Waals surface area contributed by atoms with E-state index < -0.39 is 9.84 Å². The summed E-state index contributed by atoms with van der Waals surface area (Å²) in [6, 6.07) is 8.06. The predicted molar refractivity (Wildman–Crippen MR) is 119 cm³/mol. The minimum atomic E-state index is -3.52. The summed E-state index contributed by atoms with van der Waals surface area (Å²) in [4.78, 5) is 11.3. The Morgan fingerprint density at radius 1 is 1.16 bits per heavy atom. The number of sulfone groups is 1. The number of nitrogens with one attached hydrogen (secondary N) is 3. The zero-order chi connectivity index (χ0) is 21.4. The summed E-state index contributed by atoms with van der Waals surface area (Å²) >= 11 is 0. The Hall–Kier alpha value is -2.92. The van der Waals surface area contributed by atoms with E-state index >= 15 is 0 Å². The van der Waals surface area contributed by atoms with Crippen molar-refractivity contribution in [3.05, 3.63) is 24.3 Å². The van der Waals surface area contributed by atoms with Crippen LogP contribution in [0.15, 0.2) is 29.3 Å². The molecule has 5 rings (SSSR count). The largest absolute Gasteiger partial charge is 0.378 e. The van der Waals surface area contributed by atoms with Crippen LogP contribution in [0.2, 0.25) is 0 Å². The molecule has 0 unspecified atom stereocenters. The molecule has 3 heterocycles. The smallest absolute Gasteiger partial charge is 0.231 e. The molecule has 31 heavy (non-hydrogen) atoms. The zero-order valence-corrected chi connectivity index (χ0v) is 18.1. The van der Waals surface area contributed by atoms with Crippen molar-refractivity contribution >= 4 is 44.0 Å². The van der Waals surface area contributed by atoms with E-state index in [0.717, 1.165) is 50.5 Å². The highest BCUT2D eigenvalue weighted by molar-refractivity contribution is 7.90. The Labute approximate surface area is 180 Å². The number of rotatable bonds is 7. The van der Waals surface area contributed by atoms with Crippen LogP contribution in [0.1, 0.15) is 12.8 Å². The van der Waals surface area contributed by atoms with Crippen LogP contribution in [-0.2, 0) is 14.6 Å². The fraction of sp³-hybridized carbons (Fsp3) is 0.450. The van der Waals surface area contributed by atoms with Gasteiger partial charge in [-0.3, -0.25) is 5.10 Å². The second-order valence-electron chi connectivity index (χ2n) is 8.02. The summed E-state index contributed by atoms with van der Waals surface area (Å²) in [5.41, 5.74) is 2.36. The summed E-state index contributed by atoms with van der Waals surface area (Å²) in [5, 5.41) is 13.6. The quantitative estimate of drug-likeness (QED) is 0.504. The van der Waals surface area contributed by atoms with Crippen LogP contribution < -0.4 is 15.5 Å². The van der Waals surface area contributed by atoms with Gasteiger partial charge < -0.3 is 20.3 Å². The van der Waals surface area contributed by atoms with E-state index in [1.807, 2.05) is 12.1 Å². The number of hydrogen-bond donors (Lipinski definition) is 3. The summed E-state index contributed by atoms with van der Waals surface area (Å²) < 4.78 is 29.7. The van der Waals surface area contributed by atoms with Crippen molar-refractivity contribution < 1.29 is 13.2 Å². The number of hydrogen-bond acceptors (Lipinski definition) is 9.